The minimum absolute atomic E-state index is 0.339. The molecule has 0 spiro atoms. The van der Waals surface area contributed by atoms with Gasteiger partial charge in [0.25, 0.3) is 0 Å². The van der Waals surface area contributed by atoms with Crippen LogP contribution in [0, 0.1) is 5.82 Å². The third-order valence-corrected chi connectivity index (χ3v) is 2.60. The Kier molecular flexibility index (Phi) is 3.56. The maximum atomic E-state index is 12.5. The molecular formula is C8H6ClFOS. The number of halogens is 2. The Balaban J connectivity index is 2.78. The van der Waals surface area contributed by atoms with Crippen LogP contribution < -0.4 is 0 Å². The first-order valence-electron chi connectivity index (χ1n) is 3.25. The highest BCUT2D eigenvalue weighted by atomic mass is 35.5. The van der Waals surface area contributed by atoms with Crippen molar-refractivity contribution in [3.05, 3.63) is 29.0 Å². The molecule has 64 valence electrons. The quantitative estimate of drug-likeness (QED) is 0.556. The number of hydrogen-bond acceptors (Lipinski definition) is 2. The van der Waals surface area contributed by atoms with Crippen LogP contribution in [0.3, 0.4) is 0 Å². The molecule has 1 rings (SSSR count). The third kappa shape index (κ3) is 2.50. The Morgan fingerprint density at radius 1 is 1.58 bits per heavy atom. The summed E-state index contributed by atoms with van der Waals surface area (Å²) >= 11 is 6.98. The standard InChI is InChI=1S/C8H6ClFOS/c9-7-5-6(10)1-2-8(7)12-4-3-11/h1-3,5H,4H2. The molecule has 0 heterocycles. The fourth-order valence-corrected chi connectivity index (χ4v) is 1.66. The minimum atomic E-state index is -0.365. The predicted molar refractivity (Wildman–Crippen MR) is 48.2 cm³/mol. The lowest BCUT2D eigenvalue weighted by molar-refractivity contribution is -0.105. The fourth-order valence-electron chi connectivity index (χ4n) is 0.716. The highest BCUT2D eigenvalue weighted by Crippen LogP contribution is 2.26. The van der Waals surface area contributed by atoms with Crippen LogP contribution in [0.5, 0.6) is 0 Å². The van der Waals surface area contributed by atoms with E-state index in [0.717, 1.165) is 11.2 Å². The van der Waals surface area contributed by atoms with E-state index in [1.165, 1.54) is 23.9 Å². The first-order valence-corrected chi connectivity index (χ1v) is 4.62. The van der Waals surface area contributed by atoms with E-state index in [2.05, 4.69) is 0 Å². The van der Waals surface area contributed by atoms with Crippen molar-refractivity contribution in [3.63, 3.8) is 0 Å². The molecule has 0 N–H and O–H groups in total. The summed E-state index contributed by atoms with van der Waals surface area (Å²) in [6.07, 6.45) is 0.782. The van der Waals surface area contributed by atoms with Crippen LogP contribution >= 0.6 is 23.4 Å². The lowest BCUT2D eigenvalue weighted by atomic mass is 10.3. The largest absolute Gasteiger partial charge is 0.302 e. The van der Waals surface area contributed by atoms with Gasteiger partial charge in [-0.25, -0.2) is 4.39 Å². The van der Waals surface area contributed by atoms with Crippen molar-refractivity contribution in [2.24, 2.45) is 0 Å². The molecule has 0 fully saturated rings. The van der Waals surface area contributed by atoms with E-state index in [4.69, 9.17) is 11.6 Å². The van der Waals surface area contributed by atoms with Gasteiger partial charge in [-0.05, 0) is 18.2 Å². The molecule has 0 amide bonds. The normalized spacial score (nSPS) is 9.83. The van der Waals surface area contributed by atoms with Gasteiger partial charge in [-0.15, -0.1) is 11.8 Å². The number of carbonyl (C=O) groups excluding carboxylic acids is 1. The van der Waals surface area contributed by atoms with Crippen molar-refractivity contribution in [1.82, 2.24) is 0 Å². The van der Waals surface area contributed by atoms with Gasteiger partial charge in [0.15, 0.2) is 0 Å². The Hall–Kier alpha value is -0.540. The molecule has 0 saturated heterocycles. The van der Waals surface area contributed by atoms with Crippen LogP contribution in [0.4, 0.5) is 4.39 Å². The molecule has 0 unspecified atom stereocenters. The molecule has 0 aliphatic rings. The van der Waals surface area contributed by atoms with Crippen molar-refractivity contribution >= 4 is 29.6 Å². The van der Waals surface area contributed by atoms with E-state index in [-0.39, 0.29) is 5.82 Å². The van der Waals surface area contributed by atoms with E-state index in [9.17, 15) is 9.18 Å². The lowest BCUT2D eigenvalue weighted by Gasteiger charge is -1.99. The molecule has 4 heteroatoms. The van der Waals surface area contributed by atoms with Crippen molar-refractivity contribution in [3.8, 4) is 0 Å². The summed E-state index contributed by atoms with van der Waals surface area (Å²) in [6, 6.07) is 4.11. The number of benzene rings is 1. The molecule has 1 nitrogen and oxygen atoms in total. The second-order valence-corrected chi connectivity index (χ2v) is 3.52. The van der Waals surface area contributed by atoms with E-state index >= 15 is 0 Å². The third-order valence-electron chi connectivity index (χ3n) is 1.20. The SMILES string of the molecule is O=CCSc1ccc(F)cc1Cl. The van der Waals surface area contributed by atoms with E-state index < -0.39 is 0 Å². The minimum Gasteiger partial charge on any atom is -0.302 e. The fraction of sp³-hybridized carbons (Fsp3) is 0.125. The highest BCUT2D eigenvalue weighted by Gasteiger charge is 2.01. The van der Waals surface area contributed by atoms with Crippen LogP contribution in [-0.4, -0.2) is 12.0 Å². The van der Waals surface area contributed by atoms with E-state index in [1.54, 1.807) is 6.07 Å². The van der Waals surface area contributed by atoms with Crippen molar-refractivity contribution in [2.75, 3.05) is 5.75 Å². The molecule has 1 aromatic rings. The molecule has 0 aliphatic carbocycles. The summed E-state index contributed by atoms with van der Waals surface area (Å²) in [7, 11) is 0. The van der Waals surface area contributed by atoms with Gasteiger partial charge in [-0.3, -0.25) is 0 Å². The molecule has 1 aromatic carbocycles. The van der Waals surface area contributed by atoms with Gasteiger partial charge in [0.1, 0.15) is 12.1 Å². The zero-order valence-corrected chi connectivity index (χ0v) is 7.66. The summed E-state index contributed by atoms with van der Waals surface area (Å²) in [5.74, 6) is -0.0267. The topological polar surface area (TPSA) is 17.1 Å². The number of carbonyl (C=O) groups is 1. The zero-order valence-electron chi connectivity index (χ0n) is 6.09. The van der Waals surface area contributed by atoms with Gasteiger partial charge in [0.05, 0.1) is 10.8 Å². The van der Waals surface area contributed by atoms with Crippen molar-refractivity contribution in [2.45, 2.75) is 4.90 Å². The first kappa shape index (κ1) is 9.55. The van der Waals surface area contributed by atoms with Gasteiger partial charge in [0.2, 0.25) is 0 Å². The molecule has 0 aliphatic heterocycles. The molecular weight excluding hydrogens is 199 g/mol. The maximum absolute atomic E-state index is 12.5. The Bertz CT molecular complexity index is 290. The highest BCUT2D eigenvalue weighted by molar-refractivity contribution is 8.00. The van der Waals surface area contributed by atoms with Crippen molar-refractivity contribution in [1.29, 1.82) is 0 Å². The first-order chi connectivity index (χ1) is 5.74. The zero-order chi connectivity index (χ0) is 8.97. The Morgan fingerprint density at radius 3 is 2.92 bits per heavy atom. The van der Waals surface area contributed by atoms with Gasteiger partial charge in [-0.1, -0.05) is 11.6 Å². The maximum Gasteiger partial charge on any atom is 0.130 e. The van der Waals surface area contributed by atoms with Gasteiger partial charge in [-0.2, -0.15) is 0 Å². The van der Waals surface area contributed by atoms with Crippen LogP contribution in [0.1, 0.15) is 0 Å². The van der Waals surface area contributed by atoms with Crippen LogP contribution in [0.15, 0.2) is 23.1 Å². The van der Waals surface area contributed by atoms with Crippen LogP contribution in [-0.2, 0) is 4.79 Å². The average Bonchev–Trinajstić information content (AvgIpc) is 2.03. The van der Waals surface area contributed by atoms with Crippen LogP contribution in [0.2, 0.25) is 5.02 Å². The predicted octanol–water partition coefficient (Wildman–Crippen LogP) is 2.77. The number of rotatable bonds is 3. The van der Waals surface area contributed by atoms with E-state index in [1.807, 2.05) is 0 Å². The van der Waals surface area contributed by atoms with Gasteiger partial charge < -0.3 is 4.79 Å². The van der Waals surface area contributed by atoms with Crippen molar-refractivity contribution < 1.29 is 9.18 Å². The Labute approximate surface area is 78.9 Å². The van der Waals surface area contributed by atoms with E-state index in [0.29, 0.717) is 10.8 Å². The number of aldehydes is 1. The smallest absolute Gasteiger partial charge is 0.130 e. The molecule has 0 saturated carbocycles. The molecule has 12 heavy (non-hydrogen) atoms. The summed E-state index contributed by atoms with van der Waals surface area (Å²) in [6.45, 7) is 0. The summed E-state index contributed by atoms with van der Waals surface area (Å²) in [4.78, 5) is 10.7. The molecule has 0 aromatic heterocycles. The second-order valence-electron chi connectivity index (χ2n) is 2.05. The summed E-state index contributed by atoms with van der Waals surface area (Å²) in [5.41, 5.74) is 0. The molecule has 0 atom stereocenters. The van der Waals surface area contributed by atoms with Gasteiger partial charge >= 0.3 is 0 Å². The average molecular weight is 205 g/mol. The lowest BCUT2D eigenvalue weighted by Crippen LogP contribution is -1.81. The second kappa shape index (κ2) is 4.48. The van der Waals surface area contributed by atoms with Crippen LogP contribution in [0.25, 0.3) is 0 Å². The summed E-state index contributed by atoms with van der Waals surface area (Å²) in [5, 5.41) is 0.349. The summed E-state index contributed by atoms with van der Waals surface area (Å²) < 4.78 is 12.5. The molecule has 0 bridgehead atoms. The Morgan fingerprint density at radius 2 is 2.33 bits per heavy atom. The van der Waals surface area contributed by atoms with Gasteiger partial charge in [0, 0.05) is 4.90 Å². The molecule has 0 radical (unpaired) electrons. The number of thioether (sulfide) groups is 1. The monoisotopic (exact) mass is 204 g/mol. The number of hydrogen-bond donors (Lipinski definition) is 0.